The number of benzene rings is 1. The van der Waals surface area contributed by atoms with Gasteiger partial charge in [-0.1, -0.05) is 19.8 Å². The minimum Gasteiger partial charge on any atom is -0.397 e. The molecule has 0 amide bonds. The lowest BCUT2D eigenvalue weighted by Gasteiger charge is -2.32. The second-order valence-electron chi connectivity index (χ2n) is 5.11. The lowest BCUT2D eigenvalue weighted by molar-refractivity contribution is -0.384. The Labute approximate surface area is 113 Å². The summed E-state index contributed by atoms with van der Waals surface area (Å²) in [7, 11) is 0. The predicted octanol–water partition coefficient (Wildman–Crippen LogP) is 3.34. The first-order chi connectivity index (χ1) is 9.13. The molecular weight excluding hydrogens is 242 g/mol. The van der Waals surface area contributed by atoms with Gasteiger partial charge in [0.15, 0.2) is 0 Å². The highest BCUT2D eigenvalue weighted by molar-refractivity contribution is 5.71. The summed E-state index contributed by atoms with van der Waals surface area (Å²) in [6.07, 6.45) is 5.91. The van der Waals surface area contributed by atoms with Crippen molar-refractivity contribution >= 4 is 17.1 Å². The third-order valence-corrected chi connectivity index (χ3v) is 3.88. The molecule has 0 aromatic heterocycles. The van der Waals surface area contributed by atoms with E-state index in [9.17, 15) is 10.1 Å². The molecule has 1 fully saturated rings. The van der Waals surface area contributed by atoms with E-state index in [4.69, 9.17) is 5.73 Å². The van der Waals surface area contributed by atoms with Gasteiger partial charge in [-0.05, 0) is 25.3 Å². The molecule has 1 aromatic rings. The number of hydrogen-bond acceptors (Lipinski definition) is 4. The third kappa shape index (κ3) is 2.97. The van der Waals surface area contributed by atoms with Crippen LogP contribution in [0.15, 0.2) is 18.2 Å². The van der Waals surface area contributed by atoms with E-state index in [2.05, 4.69) is 11.8 Å². The molecule has 1 saturated heterocycles. The summed E-state index contributed by atoms with van der Waals surface area (Å²) >= 11 is 0. The number of nitrogens with zero attached hydrogens (tertiary/aromatic N) is 2. The number of nitro benzene ring substituents is 1. The molecule has 1 aromatic carbocycles. The van der Waals surface area contributed by atoms with Crippen LogP contribution in [0.4, 0.5) is 17.1 Å². The second kappa shape index (κ2) is 5.91. The average molecular weight is 263 g/mol. The number of rotatable bonds is 3. The van der Waals surface area contributed by atoms with E-state index in [0.29, 0.717) is 11.7 Å². The number of nitrogens with two attached hydrogens (primary N) is 1. The van der Waals surface area contributed by atoms with Crippen LogP contribution in [-0.4, -0.2) is 17.5 Å². The van der Waals surface area contributed by atoms with E-state index >= 15 is 0 Å². The van der Waals surface area contributed by atoms with Crippen molar-refractivity contribution in [2.24, 2.45) is 0 Å². The van der Waals surface area contributed by atoms with Crippen molar-refractivity contribution in [2.75, 3.05) is 17.2 Å². The van der Waals surface area contributed by atoms with Crippen LogP contribution in [0.3, 0.4) is 0 Å². The number of nitro groups is 1. The largest absolute Gasteiger partial charge is 0.397 e. The summed E-state index contributed by atoms with van der Waals surface area (Å²) in [6.45, 7) is 3.17. The van der Waals surface area contributed by atoms with E-state index < -0.39 is 4.92 Å². The van der Waals surface area contributed by atoms with Crippen molar-refractivity contribution in [3.05, 3.63) is 28.3 Å². The Bertz CT molecular complexity index is 462. The van der Waals surface area contributed by atoms with Gasteiger partial charge in [-0.25, -0.2) is 0 Å². The number of non-ortho nitro benzene ring substituents is 1. The van der Waals surface area contributed by atoms with Gasteiger partial charge in [0.25, 0.3) is 5.69 Å². The zero-order valence-electron chi connectivity index (χ0n) is 11.3. The Morgan fingerprint density at radius 3 is 2.84 bits per heavy atom. The predicted molar refractivity (Wildman–Crippen MR) is 77.4 cm³/mol. The Hall–Kier alpha value is -1.78. The molecule has 1 unspecified atom stereocenters. The van der Waals surface area contributed by atoms with Crippen molar-refractivity contribution in [3.63, 3.8) is 0 Å². The molecule has 1 heterocycles. The molecule has 0 bridgehead atoms. The van der Waals surface area contributed by atoms with Crippen LogP contribution in [-0.2, 0) is 0 Å². The summed E-state index contributed by atoms with van der Waals surface area (Å²) in [4.78, 5) is 12.7. The molecule has 2 rings (SSSR count). The van der Waals surface area contributed by atoms with Gasteiger partial charge in [0, 0.05) is 24.7 Å². The summed E-state index contributed by atoms with van der Waals surface area (Å²) in [5, 5.41) is 10.8. The molecule has 0 saturated carbocycles. The maximum Gasteiger partial charge on any atom is 0.271 e. The van der Waals surface area contributed by atoms with Gasteiger partial charge in [0.1, 0.15) is 0 Å². The van der Waals surface area contributed by atoms with Gasteiger partial charge >= 0.3 is 0 Å². The van der Waals surface area contributed by atoms with E-state index in [-0.39, 0.29) is 5.69 Å². The SMILES string of the molecule is CCC1CCCCCN1c1ccc([N+](=O)[O-])cc1N. The highest BCUT2D eigenvalue weighted by Gasteiger charge is 2.22. The standard InChI is InChI=1S/C14H21N3O2/c1-2-11-6-4-3-5-9-16(11)14-8-7-12(17(18)19)10-13(14)15/h7-8,10-11H,2-6,9,15H2,1H3. The van der Waals surface area contributed by atoms with Crippen molar-refractivity contribution in [2.45, 2.75) is 45.1 Å². The molecular formula is C14H21N3O2. The van der Waals surface area contributed by atoms with E-state index in [1.165, 1.54) is 25.3 Å². The molecule has 1 aliphatic rings. The lowest BCUT2D eigenvalue weighted by Crippen LogP contribution is -2.34. The number of anilines is 2. The first kappa shape index (κ1) is 13.6. The maximum absolute atomic E-state index is 10.8. The molecule has 0 aliphatic carbocycles. The molecule has 0 spiro atoms. The van der Waals surface area contributed by atoms with Crippen LogP contribution in [0, 0.1) is 10.1 Å². The van der Waals surface area contributed by atoms with Crippen LogP contribution in [0.1, 0.15) is 39.0 Å². The van der Waals surface area contributed by atoms with Crippen LogP contribution in [0.25, 0.3) is 0 Å². The van der Waals surface area contributed by atoms with E-state index in [1.807, 2.05) is 0 Å². The summed E-state index contributed by atoms with van der Waals surface area (Å²) in [6, 6.07) is 5.30. The zero-order valence-corrected chi connectivity index (χ0v) is 11.3. The highest BCUT2D eigenvalue weighted by Crippen LogP contribution is 2.32. The van der Waals surface area contributed by atoms with Gasteiger partial charge in [-0.15, -0.1) is 0 Å². The van der Waals surface area contributed by atoms with Gasteiger partial charge in [0.2, 0.25) is 0 Å². The molecule has 1 aliphatic heterocycles. The second-order valence-corrected chi connectivity index (χ2v) is 5.11. The Kier molecular flexibility index (Phi) is 4.24. The smallest absolute Gasteiger partial charge is 0.271 e. The highest BCUT2D eigenvalue weighted by atomic mass is 16.6. The maximum atomic E-state index is 10.8. The number of nitrogen functional groups attached to an aromatic ring is 1. The molecule has 5 nitrogen and oxygen atoms in total. The van der Waals surface area contributed by atoms with Crippen LogP contribution >= 0.6 is 0 Å². The Balaban J connectivity index is 2.30. The average Bonchev–Trinajstić information content (AvgIpc) is 2.63. The van der Waals surface area contributed by atoms with Crippen LogP contribution < -0.4 is 10.6 Å². The molecule has 104 valence electrons. The topological polar surface area (TPSA) is 72.4 Å². The summed E-state index contributed by atoms with van der Waals surface area (Å²) in [5.41, 5.74) is 7.52. The normalized spacial score (nSPS) is 20.1. The first-order valence-corrected chi connectivity index (χ1v) is 6.94. The summed E-state index contributed by atoms with van der Waals surface area (Å²) < 4.78 is 0. The molecule has 1 atom stereocenters. The Morgan fingerprint density at radius 2 is 2.21 bits per heavy atom. The van der Waals surface area contributed by atoms with Gasteiger partial charge in [0.05, 0.1) is 16.3 Å². The van der Waals surface area contributed by atoms with Gasteiger partial charge < -0.3 is 10.6 Å². The fourth-order valence-corrected chi connectivity index (χ4v) is 2.84. The zero-order chi connectivity index (χ0) is 13.8. The van der Waals surface area contributed by atoms with Crippen LogP contribution in [0.5, 0.6) is 0 Å². The van der Waals surface area contributed by atoms with Crippen molar-refractivity contribution in [1.29, 1.82) is 0 Å². The van der Waals surface area contributed by atoms with Gasteiger partial charge in [-0.3, -0.25) is 10.1 Å². The quantitative estimate of drug-likeness (QED) is 0.515. The number of hydrogen-bond donors (Lipinski definition) is 1. The molecule has 2 N–H and O–H groups in total. The van der Waals surface area contributed by atoms with Crippen molar-refractivity contribution in [3.8, 4) is 0 Å². The van der Waals surface area contributed by atoms with Crippen molar-refractivity contribution < 1.29 is 4.92 Å². The van der Waals surface area contributed by atoms with Gasteiger partial charge in [-0.2, -0.15) is 0 Å². The van der Waals surface area contributed by atoms with E-state index in [0.717, 1.165) is 25.1 Å². The first-order valence-electron chi connectivity index (χ1n) is 6.94. The fourth-order valence-electron chi connectivity index (χ4n) is 2.84. The Morgan fingerprint density at radius 1 is 1.42 bits per heavy atom. The monoisotopic (exact) mass is 263 g/mol. The van der Waals surface area contributed by atoms with Crippen molar-refractivity contribution in [1.82, 2.24) is 0 Å². The third-order valence-electron chi connectivity index (χ3n) is 3.88. The molecule has 0 radical (unpaired) electrons. The minimum atomic E-state index is -0.403. The molecule has 5 heteroatoms. The minimum absolute atomic E-state index is 0.0594. The summed E-state index contributed by atoms with van der Waals surface area (Å²) in [5.74, 6) is 0. The fraction of sp³-hybridized carbons (Fsp3) is 0.571. The molecule has 19 heavy (non-hydrogen) atoms. The lowest BCUT2D eigenvalue weighted by atomic mass is 10.1. The van der Waals surface area contributed by atoms with Crippen LogP contribution in [0.2, 0.25) is 0 Å². The van der Waals surface area contributed by atoms with E-state index in [1.54, 1.807) is 12.1 Å².